The van der Waals surface area contributed by atoms with Gasteiger partial charge in [-0.1, -0.05) is 12.1 Å². The van der Waals surface area contributed by atoms with Gasteiger partial charge < -0.3 is 15.0 Å². The first-order valence-corrected chi connectivity index (χ1v) is 12.0. The topological polar surface area (TPSA) is 136 Å². The van der Waals surface area contributed by atoms with Crippen LogP contribution in [0.2, 0.25) is 0 Å². The number of hydrogen-bond acceptors (Lipinski definition) is 7. The number of anilines is 1. The molecule has 31 heavy (non-hydrogen) atoms. The fourth-order valence-electron chi connectivity index (χ4n) is 3.19. The van der Waals surface area contributed by atoms with Crippen LogP contribution in [-0.2, 0) is 24.3 Å². The number of esters is 1. The third-order valence-electron chi connectivity index (χ3n) is 4.94. The maximum absolute atomic E-state index is 12.5. The predicted molar refractivity (Wildman–Crippen MR) is 115 cm³/mol. The van der Waals surface area contributed by atoms with Crippen LogP contribution in [0.3, 0.4) is 0 Å². The third kappa shape index (κ3) is 5.90. The number of benzene rings is 1. The second-order valence-electron chi connectivity index (χ2n) is 7.18. The summed E-state index contributed by atoms with van der Waals surface area (Å²) in [5.41, 5.74) is 0.222. The van der Waals surface area contributed by atoms with Crippen LogP contribution in [0.5, 0.6) is 0 Å². The van der Waals surface area contributed by atoms with Crippen molar-refractivity contribution in [2.24, 2.45) is 11.1 Å². The molecular weight excluding hydrogens is 442 g/mol. The SMILES string of the molecule is C[C@@H](OC(=O)C1CCN(C(=O)c2cccs2)CC1)C(=O)Nc1cccc(S(N)(=O)=O)c1. The van der Waals surface area contributed by atoms with Gasteiger partial charge in [0, 0.05) is 18.8 Å². The van der Waals surface area contributed by atoms with Crippen LogP contribution in [0.15, 0.2) is 46.7 Å². The number of thiophene rings is 1. The van der Waals surface area contributed by atoms with E-state index in [1.54, 1.807) is 11.0 Å². The molecule has 0 spiro atoms. The lowest BCUT2D eigenvalue weighted by atomic mass is 9.97. The van der Waals surface area contributed by atoms with Gasteiger partial charge in [0.25, 0.3) is 11.8 Å². The number of sulfonamides is 1. The monoisotopic (exact) mass is 465 g/mol. The molecule has 1 aliphatic rings. The lowest BCUT2D eigenvalue weighted by Crippen LogP contribution is -2.41. The lowest BCUT2D eigenvalue weighted by Gasteiger charge is -2.31. The van der Waals surface area contributed by atoms with E-state index in [0.29, 0.717) is 30.8 Å². The molecular formula is C20H23N3O6S2. The summed E-state index contributed by atoms with van der Waals surface area (Å²) in [6.07, 6.45) is -0.155. The van der Waals surface area contributed by atoms with E-state index in [-0.39, 0.29) is 16.5 Å². The molecule has 1 fully saturated rings. The minimum atomic E-state index is -3.90. The predicted octanol–water partition coefficient (Wildman–Crippen LogP) is 1.82. The molecule has 3 rings (SSSR count). The highest BCUT2D eigenvalue weighted by Crippen LogP contribution is 2.22. The van der Waals surface area contributed by atoms with Gasteiger partial charge in [-0.05, 0) is 49.4 Å². The Morgan fingerprint density at radius 3 is 2.52 bits per heavy atom. The average molecular weight is 466 g/mol. The van der Waals surface area contributed by atoms with Gasteiger partial charge in [-0.25, -0.2) is 13.6 Å². The summed E-state index contributed by atoms with van der Waals surface area (Å²) in [4.78, 5) is 39.4. The summed E-state index contributed by atoms with van der Waals surface area (Å²) in [5, 5.41) is 9.44. The van der Waals surface area contributed by atoms with Crippen molar-refractivity contribution in [3.63, 3.8) is 0 Å². The Labute approximate surface area is 184 Å². The highest BCUT2D eigenvalue weighted by Gasteiger charge is 2.31. The van der Waals surface area contributed by atoms with Crippen LogP contribution < -0.4 is 10.5 Å². The second-order valence-corrected chi connectivity index (χ2v) is 9.69. The van der Waals surface area contributed by atoms with E-state index >= 15 is 0 Å². The second kappa shape index (κ2) is 9.58. The van der Waals surface area contributed by atoms with Crippen LogP contribution in [0, 0.1) is 5.92 Å². The smallest absolute Gasteiger partial charge is 0.309 e. The van der Waals surface area contributed by atoms with Crippen molar-refractivity contribution < 1.29 is 27.5 Å². The number of nitrogens with two attached hydrogens (primary N) is 1. The zero-order chi connectivity index (χ0) is 22.6. The standard InChI is InChI=1S/C20H23N3O6S2/c1-13(18(24)22-15-4-2-5-16(12-15)31(21,27)28)29-20(26)14-7-9-23(10-8-14)19(25)17-6-3-11-30-17/h2-6,11-14H,7-10H2,1H3,(H,22,24)(H2,21,27,28)/t13-/m1/s1. The first-order valence-electron chi connectivity index (χ1n) is 9.62. The molecule has 11 heteroatoms. The molecule has 166 valence electrons. The number of likely N-dealkylation sites (tertiary alicyclic amines) is 1. The van der Waals surface area contributed by atoms with Crippen molar-refractivity contribution in [3.8, 4) is 0 Å². The molecule has 3 N–H and O–H groups in total. The lowest BCUT2D eigenvalue weighted by molar-refractivity contribution is -0.158. The zero-order valence-electron chi connectivity index (χ0n) is 16.8. The molecule has 1 saturated heterocycles. The zero-order valence-corrected chi connectivity index (χ0v) is 18.4. The number of hydrogen-bond donors (Lipinski definition) is 2. The number of ether oxygens (including phenoxy) is 1. The molecule has 1 aromatic carbocycles. The first kappa shape index (κ1) is 22.9. The molecule has 0 saturated carbocycles. The molecule has 0 radical (unpaired) electrons. The molecule has 0 unspecified atom stereocenters. The van der Waals surface area contributed by atoms with E-state index in [2.05, 4.69) is 5.32 Å². The van der Waals surface area contributed by atoms with Gasteiger partial charge >= 0.3 is 5.97 Å². The number of piperidine rings is 1. The quantitative estimate of drug-likeness (QED) is 0.625. The Morgan fingerprint density at radius 1 is 1.19 bits per heavy atom. The minimum absolute atomic E-state index is 0.0451. The van der Waals surface area contributed by atoms with Gasteiger partial charge in [0.1, 0.15) is 0 Å². The van der Waals surface area contributed by atoms with Crippen molar-refractivity contribution in [2.75, 3.05) is 18.4 Å². The average Bonchev–Trinajstić information content (AvgIpc) is 3.27. The Bertz CT molecular complexity index is 1060. The Kier molecular flexibility index (Phi) is 7.08. The Morgan fingerprint density at radius 2 is 1.90 bits per heavy atom. The van der Waals surface area contributed by atoms with E-state index in [1.807, 2.05) is 11.4 Å². The van der Waals surface area contributed by atoms with Crippen LogP contribution in [0.4, 0.5) is 5.69 Å². The van der Waals surface area contributed by atoms with E-state index < -0.39 is 33.9 Å². The molecule has 2 aromatic rings. The minimum Gasteiger partial charge on any atom is -0.452 e. The number of rotatable bonds is 6. The van der Waals surface area contributed by atoms with Gasteiger partial charge in [-0.3, -0.25) is 14.4 Å². The van der Waals surface area contributed by atoms with Gasteiger partial charge in [0.15, 0.2) is 6.10 Å². The number of carbonyl (C=O) groups is 3. The molecule has 0 bridgehead atoms. The molecule has 1 atom stereocenters. The largest absolute Gasteiger partial charge is 0.452 e. The molecule has 9 nitrogen and oxygen atoms in total. The molecule has 0 aliphatic carbocycles. The van der Waals surface area contributed by atoms with Crippen molar-refractivity contribution in [2.45, 2.75) is 30.8 Å². The Hall–Kier alpha value is -2.76. The fraction of sp³-hybridized carbons (Fsp3) is 0.350. The number of nitrogens with zero attached hydrogens (tertiary/aromatic N) is 1. The van der Waals surface area contributed by atoms with Gasteiger partial charge in [-0.15, -0.1) is 11.3 Å². The van der Waals surface area contributed by atoms with E-state index in [0.717, 1.165) is 0 Å². The fourth-order valence-corrected chi connectivity index (χ4v) is 4.44. The molecule has 1 aromatic heterocycles. The van der Waals surface area contributed by atoms with Crippen molar-refractivity contribution in [1.29, 1.82) is 0 Å². The summed E-state index contributed by atoms with van der Waals surface area (Å²) in [7, 11) is -3.90. The summed E-state index contributed by atoms with van der Waals surface area (Å²) in [6, 6.07) is 9.07. The van der Waals surface area contributed by atoms with Crippen LogP contribution in [0.25, 0.3) is 0 Å². The first-order chi connectivity index (χ1) is 14.6. The molecule has 2 heterocycles. The van der Waals surface area contributed by atoms with Gasteiger partial charge in [0.2, 0.25) is 10.0 Å². The number of primary sulfonamides is 1. The Balaban J connectivity index is 1.50. The van der Waals surface area contributed by atoms with Crippen molar-refractivity contribution in [3.05, 3.63) is 46.7 Å². The molecule has 1 aliphatic heterocycles. The van der Waals surface area contributed by atoms with Crippen LogP contribution in [-0.4, -0.2) is 50.3 Å². The summed E-state index contributed by atoms with van der Waals surface area (Å²) < 4.78 is 28.2. The van der Waals surface area contributed by atoms with E-state index in [1.165, 1.54) is 42.5 Å². The number of nitrogens with one attached hydrogen (secondary N) is 1. The number of carbonyl (C=O) groups excluding carboxylic acids is 3. The van der Waals surface area contributed by atoms with Crippen LogP contribution >= 0.6 is 11.3 Å². The summed E-state index contributed by atoms with van der Waals surface area (Å²) >= 11 is 1.38. The van der Waals surface area contributed by atoms with Gasteiger partial charge in [0.05, 0.1) is 15.7 Å². The highest BCUT2D eigenvalue weighted by molar-refractivity contribution is 7.89. The summed E-state index contributed by atoms with van der Waals surface area (Å²) in [6.45, 7) is 2.32. The van der Waals surface area contributed by atoms with E-state index in [4.69, 9.17) is 9.88 Å². The summed E-state index contributed by atoms with van der Waals surface area (Å²) in [5.74, 6) is -1.53. The maximum atomic E-state index is 12.5. The van der Waals surface area contributed by atoms with Crippen molar-refractivity contribution >= 4 is 44.8 Å². The van der Waals surface area contributed by atoms with Crippen LogP contribution in [0.1, 0.15) is 29.4 Å². The highest BCUT2D eigenvalue weighted by atomic mass is 32.2. The normalized spacial score (nSPS) is 15.9. The third-order valence-corrected chi connectivity index (χ3v) is 6.71. The van der Waals surface area contributed by atoms with E-state index in [9.17, 15) is 22.8 Å². The molecule has 2 amide bonds. The number of amides is 2. The maximum Gasteiger partial charge on any atom is 0.309 e. The van der Waals surface area contributed by atoms with Crippen molar-refractivity contribution in [1.82, 2.24) is 4.90 Å². The van der Waals surface area contributed by atoms with Gasteiger partial charge in [-0.2, -0.15) is 0 Å².